The van der Waals surface area contributed by atoms with Crippen LogP contribution in [0.4, 0.5) is 0 Å². The second kappa shape index (κ2) is 20.5. The fraction of sp³-hybridized carbons (Fsp3) is 0. The third-order valence-corrected chi connectivity index (χ3v) is 15.0. The Bertz CT molecular complexity index is 4350. The highest BCUT2D eigenvalue weighted by molar-refractivity contribution is 6.02. The lowest BCUT2D eigenvalue weighted by Gasteiger charge is -2.19. The first kappa shape index (κ1) is 46.9. The maximum Gasteiger partial charge on any atom is 0.246 e. The summed E-state index contributed by atoms with van der Waals surface area (Å²) < 4.78 is 6.11. The predicted molar refractivity (Wildman–Crippen MR) is 325 cm³/mol. The molecule has 5 heteroatoms. The summed E-state index contributed by atoms with van der Waals surface area (Å²) in [5.41, 5.74) is 25.8. The van der Waals surface area contributed by atoms with Gasteiger partial charge in [-0.1, -0.05) is 212 Å². The van der Waals surface area contributed by atoms with Crippen molar-refractivity contribution in [1.29, 1.82) is 0 Å². The van der Waals surface area contributed by atoms with Crippen molar-refractivity contribution in [3.8, 4) is 123 Å². The molecule has 0 fully saturated rings. The van der Waals surface area contributed by atoms with Gasteiger partial charge in [-0.2, -0.15) is 0 Å². The topological polar surface area (TPSA) is 64.7 Å². The second-order valence-corrected chi connectivity index (χ2v) is 19.7. The standard InChI is InChI=1S/C74H48N4O/c1-2-16-49(17-3-1)50-28-30-53(31-29-50)68-47-56(71-48-77-74-73(78-71)67-24-10-11-27-72(67)79-74)40-41-66(68)65-23-9-8-22-64(65)59-45-57(62-20-6-4-18-60(62)51-32-36-54(37-33-51)69-25-12-14-42-75-69)44-58(46-59)63-21-7-5-19-61(63)52-34-38-55(39-35-52)70-26-13-15-43-76-70/h1-48H. The molecule has 4 heterocycles. The molecule has 0 saturated heterocycles. The summed E-state index contributed by atoms with van der Waals surface area (Å²) >= 11 is 0. The van der Waals surface area contributed by atoms with E-state index in [1.54, 1.807) is 0 Å². The first-order valence-electron chi connectivity index (χ1n) is 26.6. The fourth-order valence-electron chi connectivity index (χ4n) is 11.0. The zero-order chi connectivity index (χ0) is 52.5. The van der Waals surface area contributed by atoms with Crippen molar-refractivity contribution >= 4 is 22.2 Å². The van der Waals surface area contributed by atoms with Gasteiger partial charge in [0.15, 0.2) is 0 Å². The smallest absolute Gasteiger partial charge is 0.246 e. The molecular formula is C74H48N4O. The molecule has 14 aromatic rings. The Kier molecular flexibility index (Phi) is 12.2. The number of fused-ring (bicyclic) bond motifs is 3. The SMILES string of the molecule is c1ccc(-c2ccc(-c3cc(-c4cnc5oc6ccccc6c5n4)ccc3-c3ccccc3-c3cc(-c4ccccc4-c4ccc(-c5ccccn5)cc4)cc(-c4ccccc4-c4ccc(-c5ccccn5)cc4)c3)cc2)cc1. The van der Waals surface area contributed by atoms with E-state index in [4.69, 9.17) is 14.4 Å². The molecule has 4 aromatic heterocycles. The first-order valence-corrected chi connectivity index (χ1v) is 26.6. The van der Waals surface area contributed by atoms with Crippen LogP contribution in [0.2, 0.25) is 0 Å². The summed E-state index contributed by atoms with van der Waals surface area (Å²) in [6.45, 7) is 0. The second-order valence-electron chi connectivity index (χ2n) is 19.7. The van der Waals surface area contributed by atoms with Crippen molar-refractivity contribution < 1.29 is 4.42 Å². The van der Waals surface area contributed by atoms with Gasteiger partial charge in [0.25, 0.3) is 0 Å². The molecule has 0 aliphatic carbocycles. The maximum absolute atomic E-state index is 6.11. The number of hydrogen-bond acceptors (Lipinski definition) is 5. The summed E-state index contributed by atoms with van der Waals surface area (Å²) in [4.78, 5) is 19.3. The van der Waals surface area contributed by atoms with Crippen LogP contribution >= 0.6 is 0 Å². The van der Waals surface area contributed by atoms with Gasteiger partial charge in [-0.05, 0) is 150 Å². The molecule has 5 nitrogen and oxygen atoms in total. The molecule has 0 aliphatic heterocycles. The molecular weight excluding hydrogens is 961 g/mol. The Morgan fingerprint density at radius 3 is 1.19 bits per heavy atom. The fourth-order valence-corrected chi connectivity index (χ4v) is 11.0. The van der Waals surface area contributed by atoms with Crippen LogP contribution in [0.5, 0.6) is 0 Å². The predicted octanol–water partition coefficient (Wildman–Crippen LogP) is 19.5. The van der Waals surface area contributed by atoms with Crippen molar-refractivity contribution in [2.75, 3.05) is 0 Å². The summed E-state index contributed by atoms with van der Waals surface area (Å²) in [5, 5.41) is 0.943. The number of pyridine rings is 2. The van der Waals surface area contributed by atoms with E-state index < -0.39 is 0 Å². The van der Waals surface area contributed by atoms with E-state index in [1.165, 1.54) is 5.56 Å². The lowest BCUT2D eigenvalue weighted by Crippen LogP contribution is -1.94. The molecule has 0 bridgehead atoms. The molecule has 10 aromatic carbocycles. The molecule has 0 aliphatic rings. The van der Waals surface area contributed by atoms with E-state index in [0.717, 1.165) is 134 Å². The van der Waals surface area contributed by atoms with Crippen molar-refractivity contribution in [2.24, 2.45) is 0 Å². The van der Waals surface area contributed by atoms with Crippen LogP contribution in [0.25, 0.3) is 145 Å². The van der Waals surface area contributed by atoms with Crippen LogP contribution in [0.15, 0.2) is 296 Å². The van der Waals surface area contributed by atoms with Gasteiger partial charge in [0.2, 0.25) is 5.71 Å². The highest BCUT2D eigenvalue weighted by Crippen LogP contribution is 2.45. The summed E-state index contributed by atoms with van der Waals surface area (Å²) in [7, 11) is 0. The Morgan fingerprint density at radius 1 is 0.241 bits per heavy atom. The Morgan fingerprint density at radius 2 is 0.646 bits per heavy atom. The lowest BCUT2D eigenvalue weighted by molar-refractivity contribution is 0.653. The van der Waals surface area contributed by atoms with Gasteiger partial charge in [0.05, 0.1) is 23.3 Å². The maximum atomic E-state index is 6.11. The van der Waals surface area contributed by atoms with Crippen LogP contribution in [-0.2, 0) is 0 Å². The first-order chi connectivity index (χ1) is 39.1. The zero-order valence-corrected chi connectivity index (χ0v) is 42.9. The number of aromatic nitrogens is 4. The monoisotopic (exact) mass is 1010 g/mol. The molecule has 0 radical (unpaired) electrons. The van der Waals surface area contributed by atoms with Crippen molar-refractivity contribution in [3.05, 3.63) is 292 Å². The van der Waals surface area contributed by atoms with E-state index in [-0.39, 0.29) is 0 Å². The van der Waals surface area contributed by atoms with Gasteiger partial charge < -0.3 is 4.42 Å². The molecule has 0 atom stereocenters. The van der Waals surface area contributed by atoms with Crippen molar-refractivity contribution in [3.63, 3.8) is 0 Å². The van der Waals surface area contributed by atoms with Gasteiger partial charge in [-0.3, -0.25) is 9.97 Å². The molecule has 370 valence electrons. The number of hydrogen-bond donors (Lipinski definition) is 0. The number of benzene rings is 10. The third kappa shape index (κ3) is 9.15. The van der Waals surface area contributed by atoms with Crippen molar-refractivity contribution in [2.45, 2.75) is 0 Å². The molecule has 0 saturated carbocycles. The van der Waals surface area contributed by atoms with Crippen LogP contribution in [0.3, 0.4) is 0 Å². The average Bonchev–Trinajstić information content (AvgIpc) is 4.00. The van der Waals surface area contributed by atoms with Gasteiger partial charge in [0, 0.05) is 34.5 Å². The lowest BCUT2D eigenvalue weighted by atomic mass is 9.84. The number of furan rings is 1. The highest BCUT2D eigenvalue weighted by Gasteiger charge is 2.20. The number of nitrogens with zero attached hydrogens (tertiary/aromatic N) is 4. The molecule has 0 spiro atoms. The van der Waals surface area contributed by atoms with E-state index >= 15 is 0 Å². The third-order valence-electron chi connectivity index (χ3n) is 15.0. The summed E-state index contributed by atoms with van der Waals surface area (Å²) in [5.74, 6) is 0. The molecule has 0 amide bonds. The van der Waals surface area contributed by atoms with Crippen molar-refractivity contribution in [1.82, 2.24) is 19.9 Å². The molecule has 0 N–H and O–H groups in total. The Labute approximate surface area is 458 Å². The molecule has 0 unspecified atom stereocenters. The van der Waals surface area contributed by atoms with Gasteiger partial charge in [-0.15, -0.1) is 0 Å². The molecule has 14 rings (SSSR count). The van der Waals surface area contributed by atoms with Gasteiger partial charge >= 0.3 is 0 Å². The number of para-hydroxylation sites is 1. The minimum atomic E-state index is 0.524. The largest absolute Gasteiger partial charge is 0.436 e. The Balaban J connectivity index is 0.945. The minimum absolute atomic E-state index is 0.524. The zero-order valence-electron chi connectivity index (χ0n) is 42.9. The normalized spacial score (nSPS) is 11.3. The van der Waals surface area contributed by atoms with Gasteiger partial charge in [-0.25, -0.2) is 9.97 Å². The van der Waals surface area contributed by atoms with E-state index in [0.29, 0.717) is 5.71 Å². The number of rotatable bonds is 11. The average molecular weight is 1010 g/mol. The molecule has 79 heavy (non-hydrogen) atoms. The van der Waals surface area contributed by atoms with Gasteiger partial charge in [0.1, 0.15) is 11.1 Å². The Hall–Kier alpha value is -10.6. The van der Waals surface area contributed by atoms with E-state index in [2.05, 4.69) is 234 Å². The summed E-state index contributed by atoms with van der Waals surface area (Å²) in [6, 6.07) is 97.2. The van der Waals surface area contributed by atoms with Crippen LogP contribution in [0, 0.1) is 0 Å². The quantitative estimate of drug-likeness (QED) is 0.129. The minimum Gasteiger partial charge on any atom is -0.436 e. The van der Waals surface area contributed by atoms with Crippen LogP contribution < -0.4 is 0 Å². The highest BCUT2D eigenvalue weighted by atomic mass is 16.3. The van der Waals surface area contributed by atoms with E-state index in [9.17, 15) is 0 Å². The van der Waals surface area contributed by atoms with Crippen LogP contribution in [0.1, 0.15) is 0 Å². The van der Waals surface area contributed by atoms with Crippen LogP contribution in [-0.4, -0.2) is 19.9 Å². The van der Waals surface area contributed by atoms with E-state index in [1.807, 2.05) is 67.1 Å². The summed E-state index contributed by atoms with van der Waals surface area (Å²) in [6.07, 6.45) is 5.51.